The van der Waals surface area contributed by atoms with Crippen LogP contribution in [0.15, 0.2) is 48.1 Å². The van der Waals surface area contributed by atoms with Gasteiger partial charge in [0.15, 0.2) is 0 Å². The molecule has 1 aromatic rings. The van der Waals surface area contributed by atoms with Crippen LogP contribution in [-0.2, 0) is 0 Å². The minimum absolute atomic E-state index is 0.406. The van der Waals surface area contributed by atoms with Crippen molar-refractivity contribution in [3.05, 3.63) is 53.6 Å². The van der Waals surface area contributed by atoms with Gasteiger partial charge in [-0.2, -0.15) is 0 Å². The minimum atomic E-state index is 0.406. The summed E-state index contributed by atoms with van der Waals surface area (Å²) in [5.41, 5.74) is 2.51. The Morgan fingerprint density at radius 3 is 2.93 bits per heavy atom. The van der Waals surface area contributed by atoms with Crippen molar-refractivity contribution in [3.63, 3.8) is 0 Å². The predicted octanol–water partition coefficient (Wildman–Crippen LogP) is 3.69. The lowest BCUT2D eigenvalue weighted by molar-refractivity contribution is 0.348. The number of ether oxygens (including phenoxy) is 1. The highest BCUT2D eigenvalue weighted by atomic mass is 16.5. The fourth-order valence-corrected chi connectivity index (χ4v) is 1.72. The number of para-hydroxylation sites is 1. The Bertz CT molecular complexity index is 402. The van der Waals surface area contributed by atoms with Crippen LogP contribution >= 0.6 is 0 Å². The molecule has 1 aromatic carbocycles. The average Bonchev–Trinajstić information content (AvgIpc) is 2.32. The Hall–Kier alpha value is -1.50. The summed E-state index contributed by atoms with van der Waals surface area (Å²) in [7, 11) is 0. The van der Waals surface area contributed by atoms with Crippen LogP contribution in [0.1, 0.15) is 25.3 Å². The van der Waals surface area contributed by atoms with E-state index in [1.807, 2.05) is 12.1 Å². The summed E-state index contributed by atoms with van der Waals surface area (Å²) in [6.07, 6.45) is 6.44. The smallest absolute Gasteiger partial charge is 0.123 e. The van der Waals surface area contributed by atoms with Gasteiger partial charge >= 0.3 is 0 Å². The second-order valence-corrected chi connectivity index (χ2v) is 4.01. The monoisotopic (exact) mass is 200 g/mol. The van der Waals surface area contributed by atoms with E-state index < -0.39 is 0 Å². The molecule has 1 aliphatic rings. The zero-order valence-electron chi connectivity index (χ0n) is 9.23. The summed E-state index contributed by atoms with van der Waals surface area (Å²) in [5.74, 6) is 1.41. The van der Waals surface area contributed by atoms with E-state index in [1.165, 1.54) is 11.1 Å². The highest BCUT2D eigenvalue weighted by molar-refractivity contribution is 5.39. The lowest BCUT2D eigenvalue weighted by Gasteiger charge is -2.13. The van der Waals surface area contributed by atoms with Crippen molar-refractivity contribution in [1.29, 1.82) is 0 Å². The fourth-order valence-electron chi connectivity index (χ4n) is 1.72. The first-order valence-electron chi connectivity index (χ1n) is 5.33. The molecule has 1 aliphatic heterocycles. The van der Waals surface area contributed by atoms with Crippen molar-refractivity contribution in [2.75, 3.05) is 6.61 Å². The molecular weight excluding hydrogens is 184 g/mol. The van der Waals surface area contributed by atoms with Crippen LogP contribution in [0, 0.1) is 0 Å². The third-order valence-corrected chi connectivity index (χ3v) is 2.65. The van der Waals surface area contributed by atoms with Crippen LogP contribution in [0.4, 0.5) is 0 Å². The van der Waals surface area contributed by atoms with E-state index in [4.69, 9.17) is 4.74 Å². The summed E-state index contributed by atoms with van der Waals surface area (Å²) in [5, 5.41) is 0. The number of allylic oxidation sites excluding steroid dienone is 3. The molecule has 1 atom stereocenters. The largest absolute Gasteiger partial charge is 0.489 e. The maximum absolute atomic E-state index is 5.78. The van der Waals surface area contributed by atoms with Gasteiger partial charge in [0.05, 0.1) is 0 Å². The summed E-state index contributed by atoms with van der Waals surface area (Å²) in [4.78, 5) is 0. The second-order valence-electron chi connectivity index (χ2n) is 4.01. The van der Waals surface area contributed by atoms with Crippen molar-refractivity contribution in [2.45, 2.75) is 19.8 Å². The van der Waals surface area contributed by atoms with Crippen LogP contribution in [0.3, 0.4) is 0 Å². The third kappa shape index (κ3) is 2.30. The van der Waals surface area contributed by atoms with Gasteiger partial charge in [-0.25, -0.2) is 0 Å². The standard InChI is InChI=1S/C14H16O/c1-11-6-5-7-12(2)13-8-3-4-9-14(13)15-10-11/h3-9,12H,10H2,1-2H3/b7-5-,11-6-. The maximum atomic E-state index is 5.78. The molecule has 0 radical (unpaired) electrons. The zero-order valence-corrected chi connectivity index (χ0v) is 9.23. The molecule has 2 rings (SSSR count). The van der Waals surface area contributed by atoms with Crippen LogP contribution in [0.2, 0.25) is 0 Å². The van der Waals surface area contributed by atoms with Gasteiger partial charge in [-0.3, -0.25) is 0 Å². The summed E-state index contributed by atoms with van der Waals surface area (Å²) in [6.45, 7) is 4.95. The highest BCUT2D eigenvalue weighted by Gasteiger charge is 2.09. The van der Waals surface area contributed by atoms with Crippen molar-refractivity contribution in [2.24, 2.45) is 0 Å². The molecule has 1 unspecified atom stereocenters. The first kappa shape index (κ1) is 10.0. The maximum Gasteiger partial charge on any atom is 0.123 e. The van der Waals surface area contributed by atoms with Gasteiger partial charge in [-0.1, -0.05) is 43.4 Å². The SMILES string of the molecule is C/C1=C/C=C\C(C)c2ccccc2OC1. The molecule has 0 amide bonds. The van der Waals surface area contributed by atoms with Crippen LogP contribution in [-0.4, -0.2) is 6.61 Å². The molecule has 0 saturated heterocycles. The third-order valence-electron chi connectivity index (χ3n) is 2.65. The Labute approximate surface area is 91.1 Å². The van der Waals surface area contributed by atoms with E-state index in [-0.39, 0.29) is 0 Å². The van der Waals surface area contributed by atoms with E-state index in [0.29, 0.717) is 12.5 Å². The quantitative estimate of drug-likeness (QED) is 0.620. The van der Waals surface area contributed by atoms with Gasteiger partial charge in [0.2, 0.25) is 0 Å². The highest BCUT2D eigenvalue weighted by Crippen LogP contribution is 2.28. The molecule has 78 valence electrons. The molecule has 0 aromatic heterocycles. The van der Waals surface area contributed by atoms with Crippen molar-refractivity contribution in [3.8, 4) is 5.75 Å². The molecular formula is C14H16O. The first-order valence-corrected chi connectivity index (χ1v) is 5.33. The first-order chi connectivity index (χ1) is 7.27. The average molecular weight is 200 g/mol. The van der Waals surface area contributed by atoms with Crippen LogP contribution in [0.5, 0.6) is 5.75 Å². The Kier molecular flexibility index (Phi) is 2.91. The number of rotatable bonds is 0. The molecule has 0 fully saturated rings. The molecule has 1 heteroatoms. The minimum Gasteiger partial charge on any atom is -0.489 e. The Morgan fingerprint density at radius 2 is 2.07 bits per heavy atom. The Morgan fingerprint density at radius 1 is 1.27 bits per heavy atom. The van der Waals surface area contributed by atoms with E-state index in [9.17, 15) is 0 Å². The van der Waals surface area contributed by atoms with Gasteiger partial charge in [0.25, 0.3) is 0 Å². The van der Waals surface area contributed by atoms with Gasteiger partial charge in [-0.15, -0.1) is 0 Å². The topological polar surface area (TPSA) is 9.23 Å². The van der Waals surface area contributed by atoms with Gasteiger partial charge < -0.3 is 4.74 Å². The van der Waals surface area contributed by atoms with Crippen molar-refractivity contribution >= 4 is 0 Å². The van der Waals surface area contributed by atoms with Crippen LogP contribution < -0.4 is 4.74 Å². The number of benzene rings is 1. The van der Waals surface area contributed by atoms with Crippen molar-refractivity contribution in [1.82, 2.24) is 0 Å². The molecule has 0 aliphatic carbocycles. The van der Waals surface area contributed by atoms with Crippen LogP contribution in [0.25, 0.3) is 0 Å². The summed E-state index contributed by atoms with van der Waals surface area (Å²) in [6, 6.07) is 8.25. The lowest BCUT2D eigenvalue weighted by atomic mass is 10.00. The predicted molar refractivity (Wildman–Crippen MR) is 63.2 cm³/mol. The van der Waals surface area contributed by atoms with E-state index >= 15 is 0 Å². The molecule has 0 spiro atoms. The fraction of sp³-hybridized carbons (Fsp3) is 0.286. The van der Waals surface area contributed by atoms with Gasteiger partial charge in [-0.05, 0) is 18.6 Å². The van der Waals surface area contributed by atoms with E-state index in [0.717, 1.165) is 5.75 Å². The molecule has 1 heterocycles. The van der Waals surface area contributed by atoms with Crippen molar-refractivity contribution < 1.29 is 4.74 Å². The molecule has 0 bridgehead atoms. The van der Waals surface area contributed by atoms with E-state index in [1.54, 1.807) is 0 Å². The second kappa shape index (κ2) is 4.35. The lowest BCUT2D eigenvalue weighted by Crippen LogP contribution is -2.01. The number of hydrogen-bond donors (Lipinski definition) is 0. The molecule has 0 saturated carbocycles. The zero-order chi connectivity index (χ0) is 10.7. The Balaban J connectivity index is 2.39. The molecule has 0 N–H and O–H groups in total. The molecule has 15 heavy (non-hydrogen) atoms. The number of fused-ring (bicyclic) bond motifs is 1. The van der Waals surface area contributed by atoms with Gasteiger partial charge in [0.1, 0.15) is 12.4 Å². The summed E-state index contributed by atoms with van der Waals surface area (Å²) < 4.78 is 5.78. The normalized spacial score (nSPS) is 26.0. The van der Waals surface area contributed by atoms with E-state index in [2.05, 4.69) is 44.2 Å². The molecule has 1 nitrogen and oxygen atoms in total. The summed E-state index contributed by atoms with van der Waals surface area (Å²) >= 11 is 0. The number of hydrogen-bond acceptors (Lipinski definition) is 1. The van der Waals surface area contributed by atoms with Gasteiger partial charge in [0, 0.05) is 11.5 Å².